The van der Waals surface area contributed by atoms with E-state index in [1.165, 1.54) is 49.7 Å². The molecule has 0 bridgehead atoms. The molecule has 19 heavy (non-hydrogen) atoms. The zero-order valence-corrected chi connectivity index (χ0v) is 13.9. The first-order valence-corrected chi connectivity index (χ1v) is 8.64. The Bertz CT molecular complexity index is 321. The predicted molar refractivity (Wildman–Crippen MR) is 87.0 cm³/mol. The SMILES string of the molecule is CCCCCCCCOC(CBr)c1ccc(C)cc1. The lowest BCUT2D eigenvalue weighted by Gasteiger charge is -2.16. The number of unbranched alkanes of at least 4 members (excludes halogenated alkanes) is 5. The molecule has 2 heteroatoms. The first-order chi connectivity index (χ1) is 9.27. The number of benzene rings is 1. The molecule has 1 aromatic carbocycles. The Balaban J connectivity index is 2.20. The van der Waals surface area contributed by atoms with Crippen molar-refractivity contribution < 1.29 is 4.74 Å². The maximum absolute atomic E-state index is 5.98. The van der Waals surface area contributed by atoms with Crippen LogP contribution in [0.1, 0.15) is 62.7 Å². The van der Waals surface area contributed by atoms with Gasteiger partial charge < -0.3 is 4.74 Å². The van der Waals surface area contributed by atoms with Crippen LogP contribution >= 0.6 is 15.9 Å². The molecule has 108 valence electrons. The molecule has 0 saturated heterocycles. The Morgan fingerprint density at radius 1 is 1.00 bits per heavy atom. The van der Waals surface area contributed by atoms with Crippen molar-refractivity contribution >= 4 is 15.9 Å². The second kappa shape index (κ2) is 10.4. The topological polar surface area (TPSA) is 9.23 Å². The zero-order chi connectivity index (χ0) is 13.9. The van der Waals surface area contributed by atoms with Crippen LogP contribution in [0.25, 0.3) is 0 Å². The number of rotatable bonds is 10. The summed E-state index contributed by atoms with van der Waals surface area (Å²) in [6, 6.07) is 8.64. The fourth-order valence-electron chi connectivity index (χ4n) is 2.12. The van der Waals surface area contributed by atoms with Gasteiger partial charge in [0.2, 0.25) is 0 Å². The third-order valence-electron chi connectivity index (χ3n) is 3.41. The maximum Gasteiger partial charge on any atom is 0.0921 e. The highest BCUT2D eigenvalue weighted by Crippen LogP contribution is 2.20. The van der Waals surface area contributed by atoms with Gasteiger partial charge in [-0.15, -0.1) is 0 Å². The number of halogens is 1. The van der Waals surface area contributed by atoms with Crippen LogP contribution in [0.3, 0.4) is 0 Å². The monoisotopic (exact) mass is 326 g/mol. The van der Waals surface area contributed by atoms with E-state index in [1.54, 1.807) is 0 Å². The fourth-order valence-corrected chi connectivity index (χ4v) is 2.68. The summed E-state index contributed by atoms with van der Waals surface area (Å²) in [4.78, 5) is 0. The molecular weight excluding hydrogens is 300 g/mol. The van der Waals surface area contributed by atoms with Crippen LogP contribution in [0.5, 0.6) is 0 Å². The van der Waals surface area contributed by atoms with Crippen LogP contribution in [0, 0.1) is 6.92 Å². The molecule has 0 spiro atoms. The summed E-state index contributed by atoms with van der Waals surface area (Å²) in [7, 11) is 0. The van der Waals surface area contributed by atoms with E-state index >= 15 is 0 Å². The van der Waals surface area contributed by atoms with Gasteiger partial charge >= 0.3 is 0 Å². The molecule has 0 heterocycles. The summed E-state index contributed by atoms with van der Waals surface area (Å²) in [6.07, 6.45) is 8.07. The van der Waals surface area contributed by atoms with Crippen LogP contribution in [0.2, 0.25) is 0 Å². The summed E-state index contributed by atoms with van der Waals surface area (Å²) in [5, 5.41) is 0.867. The maximum atomic E-state index is 5.98. The van der Waals surface area contributed by atoms with E-state index < -0.39 is 0 Å². The van der Waals surface area contributed by atoms with Crippen LogP contribution < -0.4 is 0 Å². The minimum Gasteiger partial charge on any atom is -0.373 e. The molecule has 1 aromatic rings. The summed E-state index contributed by atoms with van der Waals surface area (Å²) in [5.41, 5.74) is 2.57. The van der Waals surface area contributed by atoms with Crippen molar-refractivity contribution in [2.45, 2.75) is 58.5 Å². The Morgan fingerprint density at radius 3 is 2.26 bits per heavy atom. The predicted octanol–water partition coefficient (Wildman–Crippen LogP) is 5.81. The van der Waals surface area contributed by atoms with Gasteiger partial charge in [-0.25, -0.2) is 0 Å². The van der Waals surface area contributed by atoms with Crippen molar-refractivity contribution in [3.8, 4) is 0 Å². The van der Waals surface area contributed by atoms with Crippen molar-refractivity contribution in [3.05, 3.63) is 35.4 Å². The van der Waals surface area contributed by atoms with Crippen LogP contribution in [0.15, 0.2) is 24.3 Å². The van der Waals surface area contributed by atoms with E-state index in [-0.39, 0.29) is 6.10 Å². The van der Waals surface area contributed by atoms with E-state index in [9.17, 15) is 0 Å². The highest BCUT2D eigenvalue weighted by Gasteiger charge is 2.09. The molecule has 1 nitrogen and oxygen atoms in total. The quantitative estimate of drug-likeness (QED) is 0.389. The Kier molecular flexibility index (Phi) is 9.19. The first-order valence-electron chi connectivity index (χ1n) is 7.52. The average Bonchev–Trinajstić information content (AvgIpc) is 2.43. The lowest BCUT2D eigenvalue weighted by Crippen LogP contribution is -2.07. The van der Waals surface area contributed by atoms with E-state index in [0.29, 0.717) is 0 Å². The van der Waals surface area contributed by atoms with Crippen molar-refractivity contribution in [1.82, 2.24) is 0 Å². The average molecular weight is 327 g/mol. The minimum absolute atomic E-state index is 0.191. The van der Waals surface area contributed by atoms with E-state index in [2.05, 4.69) is 54.0 Å². The van der Waals surface area contributed by atoms with Gasteiger partial charge in [-0.05, 0) is 18.9 Å². The van der Waals surface area contributed by atoms with Gasteiger partial charge in [-0.1, -0.05) is 84.8 Å². The van der Waals surface area contributed by atoms with Gasteiger partial charge in [0, 0.05) is 11.9 Å². The second-order valence-corrected chi connectivity index (χ2v) is 5.84. The third kappa shape index (κ3) is 7.12. The van der Waals surface area contributed by atoms with Crippen LogP contribution in [-0.2, 0) is 4.74 Å². The minimum atomic E-state index is 0.191. The molecule has 0 fully saturated rings. The molecule has 0 amide bonds. The lowest BCUT2D eigenvalue weighted by molar-refractivity contribution is 0.0667. The van der Waals surface area contributed by atoms with Gasteiger partial charge in [0.25, 0.3) is 0 Å². The number of alkyl halides is 1. The molecule has 0 N–H and O–H groups in total. The lowest BCUT2D eigenvalue weighted by atomic mass is 10.1. The van der Waals surface area contributed by atoms with Crippen LogP contribution in [0.4, 0.5) is 0 Å². The second-order valence-electron chi connectivity index (χ2n) is 5.19. The largest absolute Gasteiger partial charge is 0.373 e. The van der Waals surface area contributed by atoms with Crippen molar-refractivity contribution in [2.24, 2.45) is 0 Å². The molecule has 1 rings (SSSR count). The van der Waals surface area contributed by atoms with Crippen molar-refractivity contribution in [1.29, 1.82) is 0 Å². The Hall–Kier alpha value is -0.340. The van der Waals surface area contributed by atoms with Gasteiger partial charge in [-0.3, -0.25) is 0 Å². The molecule has 0 aliphatic heterocycles. The van der Waals surface area contributed by atoms with Gasteiger partial charge in [-0.2, -0.15) is 0 Å². The number of ether oxygens (including phenoxy) is 1. The van der Waals surface area contributed by atoms with E-state index in [0.717, 1.165) is 11.9 Å². The standard InChI is InChI=1S/C17H27BrO/c1-3-4-5-6-7-8-13-19-17(14-18)16-11-9-15(2)10-12-16/h9-12,17H,3-8,13-14H2,1-2H3. The molecule has 0 aromatic heterocycles. The van der Waals surface area contributed by atoms with Gasteiger partial charge in [0.05, 0.1) is 6.10 Å². The summed E-state index contributed by atoms with van der Waals surface area (Å²) >= 11 is 3.55. The smallest absolute Gasteiger partial charge is 0.0921 e. The van der Waals surface area contributed by atoms with Gasteiger partial charge in [0.15, 0.2) is 0 Å². The summed E-state index contributed by atoms with van der Waals surface area (Å²) < 4.78 is 5.98. The molecule has 0 radical (unpaired) electrons. The van der Waals surface area contributed by atoms with Crippen molar-refractivity contribution in [2.75, 3.05) is 11.9 Å². The first kappa shape index (κ1) is 16.7. The molecular formula is C17H27BrO. The molecule has 1 unspecified atom stereocenters. The highest BCUT2D eigenvalue weighted by molar-refractivity contribution is 9.09. The molecule has 0 aliphatic carbocycles. The normalized spacial score (nSPS) is 12.6. The van der Waals surface area contributed by atoms with E-state index in [1.807, 2.05) is 0 Å². The van der Waals surface area contributed by atoms with Crippen molar-refractivity contribution in [3.63, 3.8) is 0 Å². The zero-order valence-electron chi connectivity index (χ0n) is 12.3. The number of aryl methyl sites for hydroxylation is 1. The Morgan fingerprint density at radius 2 is 1.63 bits per heavy atom. The van der Waals surface area contributed by atoms with E-state index in [4.69, 9.17) is 4.74 Å². The summed E-state index contributed by atoms with van der Waals surface area (Å²) in [6.45, 7) is 5.24. The fraction of sp³-hybridized carbons (Fsp3) is 0.647. The number of hydrogen-bond acceptors (Lipinski definition) is 1. The van der Waals surface area contributed by atoms with Crippen LogP contribution in [-0.4, -0.2) is 11.9 Å². The molecule has 0 aliphatic rings. The third-order valence-corrected chi connectivity index (χ3v) is 3.99. The molecule has 1 atom stereocenters. The summed E-state index contributed by atoms with van der Waals surface area (Å²) in [5.74, 6) is 0. The van der Waals surface area contributed by atoms with Gasteiger partial charge in [0.1, 0.15) is 0 Å². The highest BCUT2D eigenvalue weighted by atomic mass is 79.9. The number of hydrogen-bond donors (Lipinski definition) is 0. The molecule has 0 saturated carbocycles. The Labute approximate surface area is 126 Å².